The molecule has 0 spiro atoms. The first-order chi connectivity index (χ1) is 13.9. The molecule has 9 heteroatoms. The maximum Gasteiger partial charge on any atom is 0.290 e. The van der Waals surface area contributed by atoms with Gasteiger partial charge in [-0.1, -0.05) is 35.9 Å². The highest BCUT2D eigenvalue weighted by atomic mass is 16.2. The number of aryl methyl sites for hydroxylation is 1. The van der Waals surface area contributed by atoms with Gasteiger partial charge in [0.2, 0.25) is 0 Å². The highest BCUT2D eigenvalue weighted by molar-refractivity contribution is 6.05. The Kier molecular flexibility index (Phi) is 5.68. The summed E-state index contributed by atoms with van der Waals surface area (Å²) in [6.45, 7) is 3.35. The number of carbonyl (C=O) groups is 3. The minimum absolute atomic E-state index is 0.0445. The molecule has 148 valence electrons. The second-order valence-corrected chi connectivity index (χ2v) is 6.45. The summed E-state index contributed by atoms with van der Waals surface area (Å²) in [5.41, 5.74) is 5.36. The number of carbonyl (C=O) groups excluding carboxylic acids is 3. The van der Waals surface area contributed by atoms with E-state index >= 15 is 0 Å². The van der Waals surface area contributed by atoms with Crippen molar-refractivity contribution in [2.45, 2.75) is 19.9 Å². The van der Waals surface area contributed by atoms with Crippen molar-refractivity contribution >= 4 is 28.5 Å². The van der Waals surface area contributed by atoms with Gasteiger partial charge in [0.15, 0.2) is 5.69 Å². The standard InChI is InChI=1S/C20H19N5O4/c1-11-6-5-7-13(10-11)18(27)21-12(2)17(26)23-25-20(29)16-14-8-3-4-9-15(14)19(28)24-22-16/h3-10,12H,1-2H3,(H,21,27)(H,23,26)(H,24,28)(H,25,29)/t12-/m0/s1. The molecule has 3 amide bonds. The first-order valence-electron chi connectivity index (χ1n) is 8.82. The van der Waals surface area contributed by atoms with E-state index in [1.54, 1.807) is 42.5 Å². The zero-order valence-electron chi connectivity index (χ0n) is 15.8. The summed E-state index contributed by atoms with van der Waals surface area (Å²) in [7, 11) is 0. The van der Waals surface area contributed by atoms with Crippen molar-refractivity contribution in [3.8, 4) is 0 Å². The van der Waals surface area contributed by atoms with Crippen LogP contribution in [0.15, 0.2) is 53.3 Å². The molecule has 9 nitrogen and oxygen atoms in total. The predicted molar refractivity (Wildman–Crippen MR) is 106 cm³/mol. The number of hydrazine groups is 1. The Morgan fingerprint density at radius 1 is 0.966 bits per heavy atom. The van der Waals surface area contributed by atoms with Gasteiger partial charge in [0.05, 0.1) is 5.39 Å². The van der Waals surface area contributed by atoms with Crippen molar-refractivity contribution in [2.24, 2.45) is 0 Å². The first kappa shape index (κ1) is 19.7. The second-order valence-electron chi connectivity index (χ2n) is 6.45. The van der Waals surface area contributed by atoms with Gasteiger partial charge in [0.25, 0.3) is 23.3 Å². The average Bonchev–Trinajstić information content (AvgIpc) is 2.72. The number of H-pyrrole nitrogens is 1. The Bertz CT molecular complexity index is 1150. The number of rotatable bonds is 4. The second kappa shape index (κ2) is 8.34. The van der Waals surface area contributed by atoms with E-state index in [9.17, 15) is 19.2 Å². The molecular weight excluding hydrogens is 374 g/mol. The third kappa shape index (κ3) is 4.46. The van der Waals surface area contributed by atoms with Gasteiger partial charge in [-0.25, -0.2) is 5.10 Å². The summed E-state index contributed by atoms with van der Waals surface area (Å²) < 4.78 is 0. The van der Waals surface area contributed by atoms with Crippen LogP contribution < -0.4 is 21.7 Å². The Balaban J connectivity index is 1.63. The van der Waals surface area contributed by atoms with Crippen LogP contribution in [0.25, 0.3) is 10.8 Å². The number of hydrogen-bond donors (Lipinski definition) is 4. The van der Waals surface area contributed by atoms with E-state index in [2.05, 4.69) is 26.4 Å². The van der Waals surface area contributed by atoms with Crippen molar-refractivity contribution in [3.63, 3.8) is 0 Å². The van der Waals surface area contributed by atoms with E-state index in [0.717, 1.165) is 5.56 Å². The van der Waals surface area contributed by atoms with Gasteiger partial charge < -0.3 is 5.32 Å². The van der Waals surface area contributed by atoms with Crippen LogP contribution in [0.1, 0.15) is 33.3 Å². The molecule has 0 fully saturated rings. The van der Waals surface area contributed by atoms with Crippen LogP contribution in [-0.2, 0) is 4.79 Å². The molecule has 0 radical (unpaired) electrons. The molecule has 4 N–H and O–H groups in total. The van der Waals surface area contributed by atoms with E-state index in [-0.39, 0.29) is 5.69 Å². The average molecular weight is 393 g/mol. The van der Waals surface area contributed by atoms with Crippen LogP contribution in [0.5, 0.6) is 0 Å². The van der Waals surface area contributed by atoms with Gasteiger partial charge in [-0.3, -0.25) is 30.0 Å². The van der Waals surface area contributed by atoms with E-state index in [4.69, 9.17) is 0 Å². The summed E-state index contributed by atoms with van der Waals surface area (Å²) >= 11 is 0. The largest absolute Gasteiger partial charge is 0.340 e. The maximum absolute atomic E-state index is 12.4. The van der Waals surface area contributed by atoms with Crippen molar-refractivity contribution < 1.29 is 14.4 Å². The summed E-state index contributed by atoms with van der Waals surface area (Å²) in [4.78, 5) is 48.6. The fourth-order valence-corrected chi connectivity index (χ4v) is 2.71. The van der Waals surface area contributed by atoms with E-state index < -0.39 is 29.3 Å². The van der Waals surface area contributed by atoms with Crippen molar-refractivity contribution in [1.82, 2.24) is 26.4 Å². The van der Waals surface area contributed by atoms with Crippen LogP contribution in [0, 0.1) is 6.92 Å². The summed E-state index contributed by atoms with van der Waals surface area (Å²) in [5.74, 6) is -1.73. The topological polar surface area (TPSA) is 133 Å². The van der Waals surface area contributed by atoms with Crippen LogP contribution in [-0.4, -0.2) is 34.0 Å². The molecular formula is C20H19N5O4. The van der Waals surface area contributed by atoms with E-state index in [0.29, 0.717) is 16.3 Å². The summed E-state index contributed by atoms with van der Waals surface area (Å²) in [6, 6.07) is 12.5. The number of fused-ring (bicyclic) bond motifs is 1. The molecule has 0 aliphatic rings. The van der Waals surface area contributed by atoms with Gasteiger partial charge in [0.1, 0.15) is 6.04 Å². The normalized spacial score (nSPS) is 11.5. The Labute approximate surface area is 165 Å². The monoisotopic (exact) mass is 393 g/mol. The lowest BCUT2D eigenvalue weighted by Gasteiger charge is -2.15. The van der Waals surface area contributed by atoms with E-state index in [1.807, 2.05) is 13.0 Å². The number of nitrogens with zero attached hydrogens (tertiary/aromatic N) is 1. The smallest absolute Gasteiger partial charge is 0.290 e. The molecule has 3 aromatic rings. The van der Waals surface area contributed by atoms with Crippen molar-refractivity contribution in [1.29, 1.82) is 0 Å². The van der Waals surface area contributed by atoms with E-state index in [1.165, 1.54) is 6.92 Å². The molecule has 0 bridgehead atoms. The van der Waals surface area contributed by atoms with Gasteiger partial charge in [-0.15, -0.1) is 0 Å². The minimum Gasteiger partial charge on any atom is -0.340 e. The molecule has 29 heavy (non-hydrogen) atoms. The minimum atomic E-state index is -0.899. The molecule has 0 saturated heterocycles. The Hall–Kier alpha value is -4.01. The molecule has 0 aliphatic heterocycles. The highest BCUT2D eigenvalue weighted by Gasteiger charge is 2.19. The SMILES string of the molecule is Cc1cccc(C(=O)N[C@@H](C)C(=O)NNC(=O)c2n[nH]c(=O)c3ccccc23)c1. The predicted octanol–water partition coefficient (Wildman–Crippen LogP) is 0.811. The molecule has 1 heterocycles. The fourth-order valence-electron chi connectivity index (χ4n) is 2.71. The van der Waals surface area contributed by atoms with Gasteiger partial charge in [-0.2, -0.15) is 5.10 Å². The van der Waals surface area contributed by atoms with Gasteiger partial charge in [0, 0.05) is 10.9 Å². The molecule has 0 saturated carbocycles. The first-order valence-corrected chi connectivity index (χ1v) is 8.82. The summed E-state index contributed by atoms with van der Waals surface area (Å²) in [6.07, 6.45) is 0. The van der Waals surface area contributed by atoms with Gasteiger partial charge in [-0.05, 0) is 32.0 Å². The number of nitrogens with one attached hydrogen (secondary N) is 4. The molecule has 1 atom stereocenters. The van der Waals surface area contributed by atoms with Crippen LogP contribution in [0.2, 0.25) is 0 Å². The van der Waals surface area contributed by atoms with Crippen molar-refractivity contribution in [2.75, 3.05) is 0 Å². The van der Waals surface area contributed by atoms with Crippen LogP contribution in [0.3, 0.4) is 0 Å². The lowest BCUT2D eigenvalue weighted by Crippen LogP contribution is -2.51. The van der Waals surface area contributed by atoms with Crippen LogP contribution in [0.4, 0.5) is 0 Å². The number of aromatic nitrogens is 2. The molecule has 0 aliphatic carbocycles. The highest BCUT2D eigenvalue weighted by Crippen LogP contribution is 2.11. The molecule has 3 rings (SSSR count). The maximum atomic E-state index is 12.4. The molecule has 2 aromatic carbocycles. The lowest BCUT2D eigenvalue weighted by molar-refractivity contribution is -0.123. The quantitative estimate of drug-likeness (QED) is 0.487. The number of aromatic amines is 1. The van der Waals surface area contributed by atoms with Crippen molar-refractivity contribution in [3.05, 3.63) is 75.7 Å². The third-order valence-electron chi connectivity index (χ3n) is 4.23. The third-order valence-corrected chi connectivity index (χ3v) is 4.23. The summed E-state index contributed by atoms with van der Waals surface area (Å²) in [5, 5.41) is 9.21. The number of hydrogen-bond acceptors (Lipinski definition) is 5. The number of amides is 3. The van der Waals surface area contributed by atoms with Gasteiger partial charge >= 0.3 is 0 Å². The lowest BCUT2D eigenvalue weighted by atomic mass is 10.1. The Morgan fingerprint density at radius 2 is 1.69 bits per heavy atom. The fraction of sp³-hybridized carbons (Fsp3) is 0.150. The zero-order chi connectivity index (χ0) is 21.0. The van der Waals surface area contributed by atoms with Crippen LogP contribution >= 0.6 is 0 Å². The number of benzene rings is 2. The molecule has 1 aromatic heterocycles. The molecule has 0 unspecified atom stereocenters. The Morgan fingerprint density at radius 3 is 2.41 bits per heavy atom. The zero-order valence-corrected chi connectivity index (χ0v) is 15.8.